The molecule has 162 valence electrons. The van der Waals surface area contributed by atoms with Crippen molar-refractivity contribution in [2.24, 2.45) is 0 Å². The Morgan fingerprint density at radius 2 is 1.21 bits per heavy atom. The quantitative estimate of drug-likeness (QED) is 0.253. The van der Waals surface area contributed by atoms with Gasteiger partial charge >= 0.3 is 0 Å². The molecular formula is C33H24O. The second-order valence-electron chi connectivity index (χ2n) is 8.04. The molecule has 4 aromatic carbocycles. The Balaban J connectivity index is 1.65. The maximum Gasteiger partial charge on any atom is 0.134 e. The number of allylic oxidation sites excluding steroid dienone is 1. The van der Waals surface area contributed by atoms with Gasteiger partial charge in [0.25, 0.3) is 0 Å². The zero-order valence-electron chi connectivity index (χ0n) is 18.8. The lowest BCUT2D eigenvalue weighted by atomic mass is 9.87. The van der Waals surface area contributed by atoms with Crippen molar-refractivity contribution in [3.8, 4) is 23.2 Å². The molecule has 0 amide bonds. The molecule has 1 nitrogen and oxygen atoms in total. The van der Waals surface area contributed by atoms with Gasteiger partial charge < -0.3 is 4.42 Å². The average molecular weight is 437 g/mol. The fourth-order valence-electron chi connectivity index (χ4n) is 3.99. The molecule has 1 heteroatoms. The molecule has 0 aliphatic rings. The van der Waals surface area contributed by atoms with Gasteiger partial charge in [-0.05, 0) is 41.5 Å². The highest BCUT2D eigenvalue weighted by Gasteiger charge is 2.22. The highest BCUT2D eigenvalue weighted by molar-refractivity contribution is 5.65. The first-order valence-electron chi connectivity index (χ1n) is 11.4. The number of furan rings is 1. The Bertz CT molecular complexity index is 1420. The van der Waals surface area contributed by atoms with Gasteiger partial charge in [-0.2, -0.15) is 0 Å². The van der Waals surface area contributed by atoms with Crippen molar-refractivity contribution >= 4 is 6.08 Å². The SMILES string of the molecule is C(#Cc1ccccc1)/C(=C\c1ccccc1)C(c1ccccc1)c1ccc(-c2ccccc2)o1. The fourth-order valence-corrected chi connectivity index (χ4v) is 3.99. The summed E-state index contributed by atoms with van der Waals surface area (Å²) >= 11 is 0. The zero-order chi connectivity index (χ0) is 23.0. The molecule has 0 fully saturated rings. The molecule has 5 rings (SSSR count). The van der Waals surface area contributed by atoms with E-state index in [-0.39, 0.29) is 5.92 Å². The normalized spacial score (nSPS) is 11.9. The maximum atomic E-state index is 6.45. The van der Waals surface area contributed by atoms with Crippen LogP contribution in [-0.2, 0) is 0 Å². The van der Waals surface area contributed by atoms with Gasteiger partial charge in [0.05, 0.1) is 5.92 Å². The predicted octanol–water partition coefficient (Wildman–Crippen LogP) is 8.21. The van der Waals surface area contributed by atoms with Crippen LogP contribution < -0.4 is 0 Å². The van der Waals surface area contributed by atoms with Gasteiger partial charge in [0.2, 0.25) is 0 Å². The van der Waals surface area contributed by atoms with Crippen LogP contribution in [0.4, 0.5) is 0 Å². The molecule has 0 saturated heterocycles. The molecule has 1 heterocycles. The summed E-state index contributed by atoms with van der Waals surface area (Å²) in [4.78, 5) is 0. The van der Waals surface area contributed by atoms with Crippen LogP contribution in [0.3, 0.4) is 0 Å². The first kappa shape index (κ1) is 21.3. The van der Waals surface area contributed by atoms with Crippen molar-refractivity contribution in [2.75, 3.05) is 0 Å². The standard InChI is InChI=1S/C33H24O/c1-5-13-26(14-6-1)21-22-30(25-27-15-7-2-8-16-27)33(29-19-11-4-12-20-29)32-24-23-31(34-32)28-17-9-3-10-18-28/h1-20,23-25,33H/b30-25+. The summed E-state index contributed by atoms with van der Waals surface area (Å²) < 4.78 is 6.45. The third-order valence-electron chi connectivity index (χ3n) is 5.66. The smallest absolute Gasteiger partial charge is 0.134 e. The molecule has 0 N–H and O–H groups in total. The van der Waals surface area contributed by atoms with Crippen molar-refractivity contribution in [1.29, 1.82) is 0 Å². The van der Waals surface area contributed by atoms with Gasteiger partial charge in [-0.25, -0.2) is 0 Å². The molecular weight excluding hydrogens is 412 g/mol. The van der Waals surface area contributed by atoms with E-state index in [2.05, 4.69) is 72.5 Å². The Morgan fingerprint density at radius 3 is 1.88 bits per heavy atom. The number of rotatable bonds is 5. The summed E-state index contributed by atoms with van der Waals surface area (Å²) in [6.45, 7) is 0. The summed E-state index contributed by atoms with van der Waals surface area (Å²) in [5, 5.41) is 0. The Morgan fingerprint density at radius 1 is 0.618 bits per heavy atom. The molecule has 0 bridgehead atoms. The molecule has 34 heavy (non-hydrogen) atoms. The second kappa shape index (κ2) is 10.4. The van der Waals surface area contributed by atoms with Crippen LogP contribution >= 0.6 is 0 Å². The van der Waals surface area contributed by atoms with Crippen molar-refractivity contribution in [3.05, 3.63) is 161 Å². The molecule has 5 aromatic rings. The van der Waals surface area contributed by atoms with E-state index in [4.69, 9.17) is 4.42 Å². The summed E-state index contributed by atoms with van der Waals surface area (Å²) in [6.07, 6.45) is 2.16. The molecule has 1 aromatic heterocycles. The summed E-state index contributed by atoms with van der Waals surface area (Å²) in [7, 11) is 0. The summed E-state index contributed by atoms with van der Waals surface area (Å²) in [6, 6.07) is 45.2. The van der Waals surface area contributed by atoms with Crippen LogP contribution in [0.25, 0.3) is 17.4 Å². The zero-order valence-corrected chi connectivity index (χ0v) is 18.8. The number of hydrogen-bond acceptors (Lipinski definition) is 1. The molecule has 0 radical (unpaired) electrons. The maximum absolute atomic E-state index is 6.45. The van der Waals surface area contributed by atoms with E-state index >= 15 is 0 Å². The molecule has 0 aliphatic carbocycles. The average Bonchev–Trinajstić information content (AvgIpc) is 3.39. The topological polar surface area (TPSA) is 13.1 Å². The minimum absolute atomic E-state index is 0.130. The van der Waals surface area contributed by atoms with Crippen molar-refractivity contribution < 1.29 is 4.42 Å². The lowest BCUT2D eigenvalue weighted by Crippen LogP contribution is -2.03. The molecule has 0 spiro atoms. The van der Waals surface area contributed by atoms with Gasteiger partial charge in [-0.1, -0.05) is 121 Å². The Labute approximate surface area is 201 Å². The number of benzene rings is 4. The second-order valence-corrected chi connectivity index (χ2v) is 8.04. The van der Waals surface area contributed by atoms with Gasteiger partial charge in [0.1, 0.15) is 11.5 Å². The minimum atomic E-state index is -0.130. The van der Waals surface area contributed by atoms with Gasteiger partial charge in [-0.15, -0.1) is 0 Å². The first-order valence-corrected chi connectivity index (χ1v) is 11.4. The van der Waals surface area contributed by atoms with Crippen LogP contribution in [0, 0.1) is 11.8 Å². The monoisotopic (exact) mass is 436 g/mol. The van der Waals surface area contributed by atoms with E-state index in [1.165, 1.54) is 0 Å². The van der Waals surface area contributed by atoms with Crippen LogP contribution in [0.1, 0.15) is 28.4 Å². The fraction of sp³-hybridized carbons (Fsp3) is 0.0303. The highest BCUT2D eigenvalue weighted by atomic mass is 16.3. The van der Waals surface area contributed by atoms with E-state index in [9.17, 15) is 0 Å². The van der Waals surface area contributed by atoms with Gasteiger partial charge in [0, 0.05) is 16.7 Å². The van der Waals surface area contributed by atoms with E-state index in [0.29, 0.717) is 0 Å². The van der Waals surface area contributed by atoms with E-state index in [1.54, 1.807) is 0 Å². The third kappa shape index (κ3) is 5.09. The van der Waals surface area contributed by atoms with E-state index in [1.807, 2.05) is 78.9 Å². The van der Waals surface area contributed by atoms with Crippen LogP contribution in [-0.4, -0.2) is 0 Å². The van der Waals surface area contributed by atoms with E-state index in [0.717, 1.165) is 39.3 Å². The van der Waals surface area contributed by atoms with Crippen LogP contribution in [0.2, 0.25) is 0 Å². The molecule has 0 aliphatic heterocycles. The van der Waals surface area contributed by atoms with E-state index < -0.39 is 0 Å². The molecule has 1 unspecified atom stereocenters. The Kier molecular flexibility index (Phi) is 6.51. The number of hydrogen-bond donors (Lipinski definition) is 0. The summed E-state index contributed by atoms with van der Waals surface area (Å²) in [5.74, 6) is 8.44. The minimum Gasteiger partial charge on any atom is -0.460 e. The van der Waals surface area contributed by atoms with Gasteiger partial charge in [-0.3, -0.25) is 0 Å². The molecule has 1 atom stereocenters. The first-order chi connectivity index (χ1) is 16.9. The highest BCUT2D eigenvalue weighted by Crippen LogP contribution is 2.36. The lowest BCUT2D eigenvalue weighted by molar-refractivity contribution is 0.517. The van der Waals surface area contributed by atoms with Crippen molar-refractivity contribution in [3.63, 3.8) is 0 Å². The lowest BCUT2D eigenvalue weighted by Gasteiger charge is -2.16. The van der Waals surface area contributed by atoms with Crippen molar-refractivity contribution in [2.45, 2.75) is 5.92 Å². The van der Waals surface area contributed by atoms with Crippen LogP contribution in [0.15, 0.2) is 143 Å². The molecule has 0 saturated carbocycles. The largest absolute Gasteiger partial charge is 0.460 e. The third-order valence-corrected chi connectivity index (χ3v) is 5.66. The predicted molar refractivity (Wildman–Crippen MR) is 140 cm³/mol. The van der Waals surface area contributed by atoms with Gasteiger partial charge in [0.15, 0.2) is 0 Å². The van der Waals surface area contributed by atoms with Crippen LogP contribution in [0.5, 0.6) is 0 Å². The van der Waals surface area contributed by atoms with Crippen molar-refractivity contribution in [1.82, 2.24) is 0 Å². The summed E-state index contributed by atoms with van der Waals surface area (Å²) in [5.41, 5.74) is 5.27. The Hall–Kier alpha value is -4.54.